The van der Waals surface area contributed by atoms with Gasteiger partial charge >= 0.3 is 0 Å². The second kappa shape index (κ2) is 9.60. The molecule has 0 bridgehead atoms. The van der Waals surface area contributed by atoms with Crippen molar-refractivity contribution in [3.63, 3.8) is 0 Å². The van der Waals surface area contributed by atoms with Gasteiger partial charge < -0.3 is 4.57 Å². The van der Waals surface area contributed by atoms with Gasteiger partial charge in [0, 0.05) is 16.5 Å². The van der Waals surface area contributed by atoms with Crippen LogP contribution >= 0.6 is 0 Å². The van der Waals surface area contributed by atoms with Gasteiger partial charge in [0.25, 0.3) is 0 Å². The highest BCUT2D eigenvalue weighted by molar-refractivity contribution is 6.35. The van der Waals surface area contributed by atoms with Crippen molar-refractivity contribution in [2.24, 2.45) is 0 Å². The molecule has 0 unspecified atom stereocenters. The Hall–Kier alpha value is -3.32. The highest BCUT2D eigenvalue weighted by Gasteiger charge is 2.31. The molecule has 0 aliphatic heterocycles. The van der Waals surface area contributed by atoms with Gasteiger partial charge in [0.1, 0.15) is 0 Å². The monoisotopic (exact) mass is 597 g/mol. The van der Waals surface area contributed by atoms with Crippen molar-refractivity contribution in [2.75, 3.05) is 0 Å². The number of nitrogens with zero attached hydrogens (tertiary/aromatic N) is 1. The fourth-order valence-electron chi connectivity index (χ4n) is 7.29. The van der Waals surface area contributed by atoms with Crippen molar-refractivity contribution in [2.45, 2.75) is 131 Å². The maximum Gasteiger partial charge on any atom is 0.0547 e. The van der Waals surface area contributed by atoms with Crippen LogP contribution in [0.3, 0.4) is 0 Å². The summed E-state index contributed by atoms with van der Waals surface area (Å²) in [6.07, 6.45) is 0. The van der Waals surface area contributed by atoms with Gasteiger partial charge in [0.2, 0.25) is 0 Å². The van der Waals surface area contributed by atoms with Crippen LogP contribution in [-0.2, 0) is 27.1 Å². The van der Waals surface area contributed by atoms with Crippen LogP contribution in [0, 0.1) is 0 Å². The zero-order chi connectivity index (χ0) is 33.2. The largest absolute Gasteiger partial charge is 0.309 e. The summed E-state index contributed by atoms with van der Waals surface area (Å²) in [5.41, 5.74) is 11.0. The number of hydrogen-bond donors (Lipinski definition) is 0. The Morgan fingerprint density at radius 1 is 0.378 bits per heavy atom. The van der Waals surface area contributed by atoms with E-state index in [0.29, 0.717) is 0 Å². The Balaban J connectivity index is 1.93. The average molecular weight is 598 g/mol. The first-order valence-corrected chi connectivity index (χ1v) is 17.0. The summed E-state index contributed by atoms with van der Waals surface area (Å²) in [6, 6.07) is 24.2. The zero-order valence-electron chi connectivity index (χ0n) is 30.7. The third kappa shape index (κ3) is 5.06. The minimum Gasteiger partial charge on any atom is -0.309 e. The van der Waals surface area contributed by atoms with Gasteiger partial charge in [-0.3, -0.25) is 0 Å². The van der Waals surface area contributed by atoms with E-state index >= 15 is 0 Å². The molecule has 1 heteroatoms. The number of aromatic nitrogens is 1. The quantitative estimate of drug-likeness (QED) is 0.166. The van der Waals surface area contributed by atoms with E-state index in [1.54, 1.807) is 0 Å². The standard InChI is InChI=1S/C44H55N/c1-40(2,3)26-21-27(41(4,5)6)23-29(22-26)45-34-18-16-17-30-31-24-28(42(7,8)9)25-33(44(13,14)15)36(31)38-32(43(10,11)12)19-20-35(45)39(38)37(30)34/h16-25H,1-15H3. The zero-order valence-corrected chi connectivity index (χ0v) is 30.7. The highest BCUT2D eigenvalue weighted by atomic mass is 15.0. The fraction of sp³-hybridized carbons (Fsp3) is 0.455. The van der Waals surface area contributed by atoms with Gasteiger partial charge in [-0.2, -0.15) is 0 Å². The lowest BCUT2D eigenvalue weighted by molar-refractivity contribution is 0.568. The summed E-state index contributed by atoms with van der Waals surface area (Å²) < 4.78 is 2.57. The molecule has 0 aliphatic rings. The lowest BCUT2D eigenvalue weighted by Gasteiger charge is -2.30. The first-order chi connectivity index (χ1) is 20.5. The second-order valence-corrected chi connectivity index (χ2v) is 18.9. The molecule has 1 nitrogen and oxygen atoms in total. The highest BCUT2D eigenvalue weighted by Crippen LogP contribution is 2.50. The minimum atomic E-state index is -0.0146. The Morgan fingerprint density at radius 2 is 0.889 bits per heavy atom. The third-order valence-electron chi connectivity index (χ3n) is 10.0. The second-order valence-electron chi connectivity index (χ2n) is 18.9. The summed E-state index contributed by atoms with van der Waals surface area (Å²) in [5.74, 6) is 0. The fourth-order valence-corrected chi connectivity index (χ4v) is 7.29. The van der Waals surface area contributed by atoms with Gasteiger partial charge in [0.05, 0.1) is 11.0 Å². The molecule has 0 saturated heterocycles. The minimum absolute atomic E-state index is 0.00902. The Bertz CT molecular complexity index is 2060. The molecule has 0 N–H and O–H groups in total. The van der Waals surface area contributed by atoms with E-state index in [4.69, 9.17) is 0 Å². The van der Waals surface area contributed by atoms with Crippen LogP contribution in [0.2, 0.25) is 0 Å². The molecule has 0 spiro atoms. The number of fused-ring (bicyclic) bond motifs is 3. The van der Waals surface area contributed by atoms with Crippen molar-refractivity contribution >= 4 is 43.4 Å². The van der Waals surface area contributed by atoms with E-state index in [-0.39, 0.29) is 27.1 Å². The molecular formula is C44H55N. The summed E-state index contributed by atoms with van der Waals surface area (Å²) in [7, 11) is 0. The van der Waals surface area contributed by atoms with Crippen LogP contribution in [-0.4, -0.2) is 4.57 Å². The van der Waals surface area contributed by atoms with Crippen molar-refractivity contribution in [1.82, 2.24) is 4.57 Å². The van der Waals surface area contributed by atoms with Gasteiger partial charge in [-0.15, -0.1) is 0 Å². The number of benzene rings is 5. The van der Waals surface area contributed by atoms with Gasteiger partial charge in [-0.05, 0) is 107 Å². The van der Waals surface area contributed by atoms with Crippen molar-refractivity contribution in [3.05, 3.63) is 88.5 Å². The molecule has 5 aromatic carbocycles. The molecule has 45 heavy (non-hydrogen) atoms. The average Bonchev–Trinajstić information content (AvgIpc) is 3.24. The Labute approximate surface area is 272 Å². The number of hydrogen-bond acceptors (Lipinski definition) is 0. The molecule has 0 aliphatic carbocycles. The third-order valence-corrected chi connectivity index (χ3v) is 10.0. The topological polar surface area (TPSA) is 4.93 Å². The molecule has 0 amide bonds. The Kier molecular flexibility index (Phi) is 6.75. The first-order valence-electron chi connectivity index (χ1n) is 17.0. The molecule has 236 valence electrons. The molecular weight excluding hydrogens is 542 g/mol. The molecule has 0 fully saturated rings. The summed E-state index contributed by atoms with van der Waals surface area (Å²) in [4.78, 5) is 0. The van der Waals surface area contributed by atoms with Crippen LogP contribution < -0.4 is 0 Å². The van der Waals surface area contributed by atoms with E-state index in [1.807, 2.05) is 0 Å². The molecule has 1 aromatic heterocycles. The smallest absolute Gasteiger partial charge is 0.0547 e. The lowest BCUT2D eigenvalue weighted by Crippen LogP contribution is -2.18. The van der Waals surface area contributed by atoms with Gasteiger partial charge in [-0.1, -0.05) is 134 Å². The van der Waals surface area contributed by atoms with Crippen LogP contribution in [0.5, 0.6) is 0 Å². The van der Waals surface area contributed by atoms with Crippen LogP contribution in [0.15, 0.2) is 60.7 Å². The summed E-state index contributed by atoms with van der Waals surface area (Å²) in [6.45, 7) is 35.4. The van der Waals surface area contributed by atoms with E-state index < -0.39 is 0 Å². The van der Waals surface area contributed by atoms with Gasteiger partial charge in [0.15, 0.2) is 0 Å². The maximum atomic E-state index is 2.57. The van der Waals surface area contributed by atoms with E-state index in [1.165, 1.54) is 76.9 Å². The Morgan fingerprint density at radius 3 is 1.40 bits per heavy atom. The predicted octanol–water partition coefficient (Wildman–Crippen LogP) is 13.0. The van der Waals surface area contributed by atoms with Crippen molar-refractivity contribution < 1.29 is 0 Å². The predicted molar refractivity (Wildman–Crippen MR) is 200 cm³/mol. The summed E-state index contributed by atoms with van der Waals surface area (Å²) in [5, 5.41) is 8.43. The van der Waals surface area contributed by atoms with E-state index in [2.05, 4.69) is 169 Å². The SMILES string of the molecule is CC(C)(C)c1cc(-n2c3cccc4c5cc(C(C)(C)C)cc(C(C)(C)C)c5c5c(C(C)(C)C)ccc2c5c43)cc(C(C)(C)C)c1. The molecule has 0 saturated carbocycles. The molecule has 6 aromatic rings. The first kappa shape index (κ1) is 31.7. The maximum absolute atomic E-state index is 2.57. The summed E-state index contributed by atoms with van der Waals surface area (Å²) >= 11 is 0. The number of rotatable bonds is 1. The van der Waals surface area contributed by atoms with Crippen molar-refractivity contribution in [1.29, 1.82) is 0 Å². The van der Waals surface area contributed by atoms with Gasteiger partial charge in [-0.25, -0.2) is 0 Å². The van der Waals surface area contributed by atoms with Crippen LogP contribution in [0.1, 0.15) is 132 Å². The molecule has 6 rings (SSSR count). The van der Waals surface area contributed by atoms with E-state index in [0.717, 1.165) is 0 Å². The molecule has 0 atom stereocenters. The lowest BCUT2D eigenvalue weighted by atomic mass is 9.74. The van der Waals surface area contributed by atoms with Crippen LogP contribution in [0.25, 0.3) is 49.0 Å². The van der Waals surface area contributed by atoms with Crippen molar-refractivity contribution in [3.8, 4) is 5.69 Å². The molecule has 0 radical (unpaired) electrons. The normalized spacial score (nSPS) is 14.1. The van der Waals surface area contributed by atoms with Crippen LogP contribution in [0.4, 0.5) is 0 Å². The molecule has 1 heterocycles. The van der Waals surface area contributed by atoms with E-state index in [9.17, 15) is 0 Å².